The van der Waals surface area contributed by atoms with Gasteiger partial charge in [-0.25, -0.2) is 19.3 Å². The van der Waals surface area contributed by atoms with Crippen LogP contribution in [-0.4, -0.2) is 54.6 Å². The molecule has 7 heteroatoms. The van der Waals surface area contributed by atoms with Crippen molar-refractivity contribution in [2.24, 2.45) is 0 Å². The molecule has 1 fully saturated rings. The zero-order valence-electron chi connectivity index (χ0n) is 11.8. The number of ether oxygens (including phenoxy) is 2. The van der Waals surface area contributed by atoms with Gasteiger partial charge in [-0.1, -0.05) is 30.3 Å². The minimum atomic E-state index is -0.976. The summed E-state index contributed by atoms with van der Waals surface area (Å²) >= 11 is 0. The van der Waals surface area contributed by atoms with Gasteiger partial charge in [-0.05, 0) is 5.56 Å². The van der Waals surface area contributed by atoms with Crippen molar-refractivity contribution in [2.75, 3.05) is 20.7 Å². The van der Waals surface area contributed by atoms with E-state index in [1.165, 1.54) is 19.1 Å². The molecular weight excluding hydrogens is 276 g/mol. The number of urea groups is 1. The maximum Gasteiger partial charge on any atom is 0.419 e. The lowest BCUT2D eigenvalue weighted by atomic mass is 10.2. The molecule has 0 bridgehead atoms. The van der Waals surface area contributed by atoms with E-state index in [-0.39, 0.29) is 13.2 Å². The number of amides is 3. The van der Waals surface area contributed by atoms with Crippen LogP contribution in [0.25, 0.3) is 0 Å². The number of carbonyl (C=O) groups is 3. The molecule has 1 aliphatic rings. The molecule has 1 aromatic carbocycles. The van der Waals surface area contributed by atoms with Crippen LogP contribution in [0.5, 0.6) is 0 Å². The van der Waals surface area contributed by atoms with Crippen LogP contribution >= 0.6 is 0 Å². The number of imide groups is 1. The van der Waals surface area contributed by atoms with E-state index in [1.807, 2.05) is 18.2 Å². The van der Waals surface area contributed by atoms with E-state index in [9.17, 15) is 14.4 Å². The van der Waals surface area contributed by atoms with Crippen molar-refractivity contribution in [3.05, 3.63) is 35.9 Å². The number of rotatable bonds is 3. The summed E-state index contributed by atoms with van der Waals surface area (Å²) in [5.41, 5.74) is 0.792. The molecule has 1 unspecified atom stereocenters. The first-order chi connectivity index (χ1) is 10.0. The molecule has 112 valence electrons. The molecule has 0 saturated carbocycles. The first kappa shape index (κ1) is 14.8. The molecule has 1 aliphatic heterocycles. The van der Waals surface area contributed by atoms with Crippen molar-refractivity contribution in [2.45, 2.75) is 12.6 Å². The summed E-state index contributed by atoms with van der Waals surface area (Å²) in [5, 5.41) is 0. The van der Waals surface area contributed by atoms with Crippen LogP contribution in [-0.2, 0) is 20.9 Å². The Kier molecular flexibility index (Phi) is 4.42. The van der Waals surface area contributed by atoms with Crippen molar-refractivity contribution in [1.29, 1.82) is 0 Å². The molecule has 1 atom stereocenters. The summed E-state index contributed by atoms with van der Waals surface area (Å²) in [6, 6.07) is 7.51. The van der Waals surface area contributed by atoms with Gasteiger partial charge in [0.05, 0.1) is 13.7 Å². The Morgan fingerprint density at radius 3 is 2.57 bits per heavy atom. The van der Waals surface area contributed by atoms with E-state index >= 15 is 0 Å². The topological polar surface area (TPSA) is 76.2 Å². The fourth-order valence-corrected chi connectivity index (χ4v) is 2.05. The fourth-order valence-electron chi connectivity index (χ4n) is 2.05. The Labute approximate surface area is 122 Å². The number of nitrogens with zero attached hydrogens (tertiary/aromatic N) is 2. The molecular formula is C14H16N2O5. The highest BCUT2D eigenvalue weighted by atomic mass is 16.6. The van der Waals surface area contributed by atoms with Gasteiger partial charge in [-0.3, -0.25) is 0 Å². The van der Waals surface area contributed by atoms with Gasteiger partial charge in [0.25, 0.3) is 0 Å². The average molecular weight is 292 g/mol. The Morgan fingerprint density at radius 1 is 1.29 bits per heavy atom. The standard InChI is InChI=1S/C14H16N2O5/c1-15-8-11(12(17)20-2)16(13(15)18)14(19)21-9-10-6-4-3-5-7-10/h3-7,11H,8-9H2,1-2H3. The van der Waals surface area contributed by atoms with E-state index in [0.717, 1.165) is 10.5 Å². The number of hydrogen-bond acceptors (Lipinski definition) is 5. The Bertz CT molecular complexity index is 546. The highest BCUT2D eigenvalue weighted by molar-refractivity contribution is 5.98. The molecule has 0 aromatic heterocycles. The number of methoxy groups -OCH3 is 1. The summed E-state index contributed by atoms with van der Waals surface area (Å²) < 4.78 is 9.69. The molecule has 2 rings (SSSR count). The van der Waals surface area contributed by atoms with Crippen molar-refractivity contribution in [3.63, 3.8) is 0 Å². The Hall–Kier alpha value is -2.57. The molecule has 1 saturated heterocycles. The molecule has 21 heavy (non-hydrogen) atoms. The number of esters is 1. The molecule has 0 N–H and O–H groups in total. The highest BCUT2D eigenvalue weighted by Crippen LogP contribution is 2.17. The van der Waals surface area contributed by atoms with Gasteiger partial charge in [0.15, 0.2) is 6.04 Å². The van der Waals surface area contributed by atoms with Gasteiger partial charge in [-0.15, -0.1) is 0 Å². The third kappa shape index (κ3) is 3.13. The van der Waals surface area contributed by atoms with Crippen LogP contribution in [0.3, 0.4) is 0 Å². The minimum absolute atomic E-state index is 0.0288. The van der Waals surface area contributed by atoms with Crippen molar-refractivity contribution in [1.82, 2.24) is 9.80 Å². The normalized spacial score (nSPS) is 17.8. The van der Waals surface area contributed by atoms with E-state index in [1.54, 1.807) is 12.1 Å². The van der Waals surface area contributed by atoms with Crippen LogP contribution < -0.4 is 0 Å². The summed E-state index contributed by atoms with van der Waals surface area (Å²) in [7, 11) is 2.71. The van der Waals surface area contributed by atoms with E-state index in [4.69, 9.17) is 4.74 Å². The maximum absolute atomic E-state index is 12.1. The quantitative estimate of drug-likeness (QED) is 0.783. The minimum Gasteiger partial charge on any atom is -0.467 e. The van der Waals surface area contributed by atoms with Gasteiger partial charge in [-0.2, -0.15) is 0 Å². The smallest absolute Gasteiger partial charge is 0.419 e. The zero-order valence-corrected chi connectivity index (χ0v) is 11.8. The molecule has 1 aromatic rings. The lowest BCUT2D eigenvalue weighted by Gasteiger charge is -2.18. The third-order valence-electron chi connectivity index (χ3n) is 3.17. The summed E-state index contributed by atoms with van der Waals surface area (Å²) in [6.45, 7) is 0.118. The molecule has 0 spiro atoms. The average Bonchev–Trinajstić information content (AvgIpc) is 2.81. The van der Waals surface area contributed by atoms with Crippen molar-refractivity contribution in [3.8, 4) is 0 Å². The molecule has 3 amide bonds. The SMILES string of the molecule is COC(=O)C1CN(C)C(=O)N1C(=O)OCc1ccccc1. The van der Waals surface area contributed by atoms with Crippen molar-refractivity contribution < 1.29 is 23.9 Å². The summed E-state index contributed by atoms with van der Waals surface area (Å²) in [6.07, 6.45) is -0.858. The Balaban J connectivity index is 2.05. The first-order valence-corrected chi connectivity index (χ1v) is 6.37. The first-order valence-electron chi connectivity index (χ1n) is 6.37. The zero-order chi connectivity index (χ0) is 15.4. The predicted molar refractivity (Wildman–Crippen MR) is 72.3 cm³/mol. The van der Waals surface area contributed by atoms with Crippen molar-refractivity contribution >= 4 is 18.1 Å². The van der Waals surface area contributed by atoms with Gasteiger partial charge in [0, 0.05) is 7.05 Å². The number of likely N-dealkylation sites (N-methyl/N-ethyl adjacent to an activating group) is 1. The van der Waals surface area contributed by atoms with Gasteiger partial charge >= 0.3 is 18.1 Å². The number of carbonyl (C=O) groups excluding carboxylic acids is 3. The molecule has 7 nitrogen and oxygen atoms in total. The number of benzene rings is 1. The van der Waals surface area contributed by atoms with E-state index < -0.39 is 24.1 Å². The second-order valence-corrected chi connectivity index (χ2v) is 4.61. The second kappa shape index (κ2) is 6.25. The lowest BCUT2D eigenvalue weighted by molar-refractivity contribution is -0.144. The molecule has 0 aliphatic carbocycles. The lowest BCUT2D eigenvalue weighted by Crippen LogP contribution is -2.44. The maximum atomic E-state index is 12.1. The van der Waals surface area contributed by atoms with E-state index in [0.29, 0.717) is 0 Å². The van der Waals surface area contributed by atoms with Gasteiger partial charge in [0.2, 0.25) is 0 Å². The summed E-state index contributed by atoms with van der Waals surface area (Å²) in [5.74, 6) is -0.649. The van der Waals surface area contributed by atoms with Crippen LogP contribution in [0.4, 0.5) is 9.59 Å². The monoisotopic (exact) mass is 292 g/mol. The van der Waals surface area contributed by atoms with Gasteiger partial charge in [0.1, 0.15) is 6.61 Å². The van der Waals surface area contributed by atoms with Crippen LogP contribution in [0, 0.1) is 0 Å². The fraction of sp³-hybridized carbons (Fsp3) is 0.357. The highest BCUT2D eigenvalue weighted by Gasteiger charge is 2.45. The van der Waals surface area contributed by atoms with Gasteiger partial charge < -0.3 is 14.4 Å². The summed E-state index contributed by atoms with van der Waals surface area (Å²) in [4.78, 5) is 37.7. The van der Waals surface area contributed by atoms with E-state index in [2.05, 4.69) is 4.74 Å². The molecule has 0 radical (unpaired) electrons. The predicted octanol–water partition coefficient (Wildman–Crippen LogP) is 1.23. The third-order valence-corrected chi connectivity index (χ3v) is 3.17. The van der Waals surface area contributed by atoms with Crippen LogP contribution in [0.1, 0.15) is 5.56 Å². The van der Waals surface area contributed by atoms with Crippen LogP contribution in [0.15, 0.2) is 30.3 Å². The number of hydrogen-bond donors (Lipinski definition) is 0. The Morgan fingerprint density at radius 2 is 1.95 bits per heavy atom. The second-order valence-electron chi connectivity index (χ2n) is 4.61. The molecule has 1 heterocycles. The largest absolute Gasteiger partial charge is 0.467 e. The van der Waals surface area contributed by atoms with Crippen LogP contribution in [0.2, 0.25) is 0 Å².